The lowest BCUT2D eigenvalue weighted by Crippen LogP contribution is -2.61. The van der Waals surface area contributed by atoms with Gasteiger partial charge in [-0.25, -0.2) is 0 Å². The molecule has 3 aliphatic heterocycles. The molecule has 0 aliphatic carbocycles. The molecule has 0 radical (unpaired) electrons. The average molecular weight is 299 g/mol. The van der Waals surface area contributed by atoms with Gasteiger partial charge in [0.05, 0.1) is 5.56 Å². The maximum absolute atomic E-state index is 12.7. The van der Waals surface area contributed by atoms with Gasteiger partial charge in [0.1, 0.15) is 0 Å². The molecule has 3 aliphatic rings. The summed E-state index contributed by atoms with van der Waals surface area (Å²) in [4.78, 5) is 32.9. The zero-order chi connectivity index (χ0) is 15.1. The van der Waals surface area contributed by atoms with Crippen LogP contribution in [0.1, 0.15) is 36.0 Å². The number of likely N-dealkylation sites (tertiary alicyclic amines) is 1. The molecule has 2 bridgehead atoms. The topological polar surface area (TPSA) is 53.5 Å². The third-order valence-electron chi connectivity index (χ3n) is 5.38. The predicted molar refractivity (Wildman–Crippen MR) is 81.1 cm³/mol. The Bertz CT molecular complexity index is 589. The monoisotopic (exact) mass is 299 g/mol. The highest BCUT2D eigenvalue weighted by atomic mass is 16.2. The first-order chi connectivity index (χ1) is 10.7. The molecular formula is C17H21N3O2. The molecule has 0 saturated carbocycles. The van der Waals surface area contributed by atoms with Crippen molar-refractivity contribution in [2.75, 3.05) is 19.6 Å². The quantitative estimate of drug-likeness (QED) is 0.790. The lowest BCUT2D eigenvalue weighted by Gasteiger charge is -2.52. The highest BCUT2D eigenvalue weighted by Crippen LogP contribution is 2.38. The van der Waals surface area contributed by atoms with Crippen molar-refractivity contribution in [1.82, 2.24) is 14.8 Å². The van der Waals surface area contributed by atoms with Crippen LogP contribution in [-0.4, -0.2) is 52.3 Å². The molecular weight excluding hydrogens is 278 g/mol. The molecule has 1 aromatic heterocycles. The van der Waals surface area contributed by atoms with Gasteiger partial charge in [-0.2, -0.15) is 0 Å². The molecule has 116 valence electrons. The van der Waals surface area contributed by atoms with E-state index in [9.17, 15) is 9.59 Å². The van der Waals surface area contributed by atoms with Gasteiger partial charge in [-0.1, -0.05) is 0 Å². The minimum Gasteiger partial charge on any atom is -0.339 e. The van der Waals surface area contributed by atoms with Gasteiger partial charge in [0.25, 0.3) is 5.91 Å². The number of hydrogen-bond donors (Lipinski definition) is 0. The Hall–Kier alpha value is -1.91. The van der Waals surface area contributed by atoms with Crippen LogP contribution in [0, 0.1) is 11.8 Å². The second kappa shape index (κ2) is 5.38. The van der Waals surface area contributed by atoms with Crippen molar-refractivity contribution in [3.63, 3.8) is 0 Å². The molecule has 3 saturated heterocycles. The molecule has 3 fully saturated rings. The highest BCUT2D eigenvalue weighted by Gasteiger charge is 2.44. The van der Waals surface area contributed by atoms with Gasteiger partial charge in [-0.05, 0) is 43.2 Å². The van der Waals surface area contributed by atoms with Gasteiger partial charge >= 0.3 is 0 Å². The number of rotatable bonds is 1. The first-order valence-corrected chi connectivity index (χ1v) is 8.21. The van der Waals surface area contributed by atoms with E-state index in [1.807, 2.05) is 11.0 Å². The molecule has 22 heavy (non-hydrogen) atoms. The number of aromatic nitrogens is 1. The van der Waals surface area contributed by atoms with Crippen molar-refractivity contribution in [2.24, 2.45) is 11.8 Å². The molecule has 2 unspecified atom stereocenters. The number of nitrogens with zero attached hydrogens (tertiary/aromatic N) is 3. The Labute approximate surface area is 130 Å². The fourth-order valence-electron chi connectivity index (χ4n) is 4.45. The van der Waals surface area contributed by atoms with E-state index in [4.69, 9.17) is 0 Å². The largest absolute Gasteiger partial charge is 0.339 e. The van der Waals surface area contributed by atoms with Crippen LogP contribution in [0.25, 0.3) is 0 Å². The van der Waals surface area contributed by atoms with E-state index >= 15 is 0 Å². The van der Waals surface area contributed by atoms with E-state index in [2.05, 4.69) is 9.88 Å². The number of pyridine rings is 1. The minimum atomic E-state index is 0.0818. The molecule has 1 aromatic rings. The van der Waals surface area contributed by atoms with Gasteiger partial charge in [0, 0.05) is 44.5 Å². The van der Waals surface area contributed by atoms with E-state index in [1.54, 1.807) is 18.5 Å². The van der Waals surface area contributed by atoms with E-state index in [1.165, 1.54) is 0 Å². The Kier molecular flexibility index (Phi) is 3.36. The molecule has 0 spiro atoms. The van der Waals surface area contributed by atoms with Crippen LogP contribution in [0.4, 0.5) is 0 Å². The van der Waals surface area contributed by atoms with Crippen molar-refractivity contribution >= 4 is 11.8 Å². The number of carbonyl (C=O) groups is 2. The summed E-state index contributed by atoms with van der Waals surface area (Å²) in [5.74, 6) is 1.27. The fraction of sp³-hybridized carbons (Fsp3) is 0.588. The molecule has 4 rings (SSSR count). The summed E-state index contributed by atoms with van der Waals surface area (Å²) in [5, 5.41) is 0. The minimum absolute atomic E-state index is 0.0818. The van der Waals surface area contributed by atoms with Crippen LogP contribution in [0.5, 0.6) is 0 Å². The SMILES string of the molecule is O=C(c1cccnc1)N1CC2CC(C1)[C@H]1CCCC(=O)N1C2. The number of hydrogen-bond acceptors (Lipinski definition) is 3. The van der Waals surface area contributed by atoms with Crippen LogP contribution in [0.3, 0.4) is 0 Å². The van der Waals surface area contributed by atoms with Crippen molar-refractivity contribution in [3.05, 3.63) is 30.1 Å². The Morgan fingerprint density at radius 1 is 1.27 bits per heavy atom. The molecule has 2 amide bonds. The van der Waals surface area contributed by atoms with Crippen molar-refractivity contribution in [2.45, 2.75) is 31.7 Å². The van der Waals surface area contributed by atoms with E-state index in [0.29, 0.717) is 35.8 Å². The van der Waals surface area contributed by atoms with Crippen LogP contribution < -0.4 is 0 Å². The molecule has 5 heteroatoms. The summed E-state index contributed by atoms with van der Waals surface area (Å²) in [6.45, 7) is 2.37. The Morgan fingerprint density at radius 3 is 3.00 bits per heavy atom. The lowest BCUT2D eigenvalue weighted by molar-refractivity contribution is -0.144. The second-order valence-corrected chi connectivity index (χ2v) is 6.82. The zero-order valence-electron chi connectivity index (χ0n) is 12.6. The van der Waals surface area contributed by atoms with Crippen LogP contribution in [-0.2, 0) is 4.79 Å². The van der Waals surface area contributed by atoms with Crippen LogP contribution in [0.2, 0.25) is 0 Å². The lowest BCUT2D eigenvalue weighted by atomic mass is 9.76. The summed E-state index contributed by atoms with van der Waals surface area (Å²) >= 11 is 0. The zero-order valence-corrected chi connectivity index (χ0v) is 12.6. The average Bonchev–Trinajstić information content (AvgIpc) is 2.56. The van der Waals surface area contributed by atoms with Crippen molar-refractivity contribution in [1.29, 1.82) is 0 Å². The molecule has 3 atom stereocenters. The van der Waals surface area contributed by atoms with E-state index < -0.39 is 0 Å². The van der Waals surface area contributed by atoms with Gasteiger partial charge in [-0.3, -0.25) is 14.6 Å². The van der Waals surface area contributed by atoms with Crippen molar-refractivity contribution < 1.29 is 9.59 Å². The standard InChI is InChI=1S/C17H21N3O2/c21-16-5-1-4-15-14-7-12(10-20(15)16)9-19(11-14)17(22)13-3-2-6-18-8-13/h2-3,6,8,12,14-15H,1,4-5,7,9-11H2/t12?,14?,15-/m1/s1. The van der Waals surface area contributed by atoms with E-state index in [0.717, 1.165) is 38.9 Å². The summed E-state index contributed by atoms with van der Waals surface area (Å²) < 4.78 is 0. The third-order valence-corrected chi connectivity index (χ3v) is 5.38. The molecule has 0 aromatic carbocycles. The predicted octanol–water partition coefficient (Wildman–Crippen LogP) is 1.55. The van der Waals surface area contributed by atoms with Gasteiger partial charge in [0.15, 0.2) is 0 Å². The van der Waals surface area contributed by atoms with Gasteiger partial charge in [0.2, 0.25) is 5.91 Å². The van der Waals surface area contributed by atoms with Crippen LogP contribution >= 0.6 is 0 Å². The van der Waals surface area contributed by atoms with Crippen molar-refractivity contribution in [3.8, 4) is 0 Å². The smallest absolute Gasteiger partial charge is 0.255 e. The van der Waals surface area contributed by atoms with E-state index in [-0.39, 0.29) is 5.91 Å². The fourth-order valence-corrected chi connectivity index (χ4v) is 4.45. The number of piperidine rings is 3. The molecule has 4 heterocycles. The molecule has 0 N–H and O–H groups in total. The normalized spacial score (nSPS) is 30.9. The summed E-state index contributed by atoms with van der Waals surface area (Å²) in [6, 6.07) is 3.98. The maximum Gasteiger partial charge on any atom is 0.255 e. The summed E-state index contributed by atoms with van der Waals surface area (Å²) in [5.41, 5.74) is 0.666. The van der Waals surface area contributed by atoms with Crippen LogP contribution in [0.15, 0.2) is 24.5 Å². The first-order valence-electron chi connectivity index (χ1n) is 8.21. The maximum atomic E-state index is 12.7. The van der Waals surface area contributed by atoms with Gasteiger partial charge < -0.3 is 9.80 Å². The Morgan fingerprint density at radius 2 is 2.18 bits per heavy atom. The highest BCUT2D eigenvalue weighted by molar-refractivity contribution is 5.94. The Balaban J connectivity index is 1.53. The number of fused-ring (bicyclic) bond motifs is 4. The second-order valence-electron chi connectivity index (χ2n) is 6.82. The molecule has 5 nitrogen and oxygen atoms in total. The van der Waals surface area contributed by atoms with Gasteiger partial charge in [-0.15, -0.1) is 0 Å². The third kappa shape index (κ3) is 2.28. The summed E-state index contributed by atoms with van der Waals surface area (Å²) in [7, 11) is 0. The summed E-state index contributed by atoms with van der Waals surface area (Å²) in [6.07, 6.45) is 7.28. The first kappa shape index (κ1) is 13.7. The number of amides is 2. The number of carbonyl (C=O) groups excluding carboxylic acids is 2.